The van der Waals surface area contributed by atoms with Gasteiger partial charge in [0.2, 0.25) is 11.2 Å². The van der Waals surface area contributed by atoms with E-state index in [2.05, 4.69) is 144 Å². The van der Waals surface area contributed by atoms with Gasteiger partial charge < -0.3 is 0 Å². The summed E-state index contributed by atoms with van der Waals surface area (Å²) in [5.74, 6) is 0. The predicted molar refractivity (Wildman–Crippen MR) is 161 cm³/mol. The van der Waals surface area contributed by atoms with Gasteiger partial charge in [-0.15, -0.1) is 9.13 Å². The molecule has 1 unspecified atom stereocenters. The molecule has 2 aromatic heterocycles. The molecule has 0 saturated carbocycles. The molecule has 188 valence electrons. The van der Waals surface area contributed by atoms with Gasteiger partial charge in [-0.1, -0.05) is 78.9 Å². The van der Waals surface area contributed by atoms with Gasteiger partial charge in [-0.05, 0) is 69.5 Å². The van der Waals surface area contributed by atoms with Crippen molar-refractivity contribution in [2.75, 3.05) is 0 Å². The van der Waals surface area contributed by atoms with Gasteiger partial charge in [0.05, 0.1) is 16.4 Å². The number of fused-ring (bicyclic) bond motifs is 9. The van der Waals surface area contributed by atoms with Crippen molar-refractivity contribution in [1.29, 1.82) is 0 Å². The molecular formula is C39H24N2+2. The molecule has 2 aliphatic heterocycles. The van der Waals surface area contributed by atoms with Crippen LogP contribution in [0.4, 0.5) is 0 Å². The molecule has 1 atom stereocenters. The van der Waals surface area contributed by atoms with Gasteiger partial charge in [0.1, 0.15) is 11.1 Å². The minimum atomic E-state index is -0.481. The third-order valence-corrected chi connectivity index (χ3v) is 10.5. The Balaban J connectivity index is 1.48. The van der Waals surface area contributed by atoms with Crippen LogP contribution in [0.15, 0.2) is 128 Å². The molecule has 0 bridgehead atoms. The lowest BCUT2D eigenvalue weighted by Gasteiger charge is -2.41. The van der Waals surface area contributed by atoms with E-state index in [9.17, 15) is 0 Å². The zero-order valence-corrected chi connectivity index (χ0v) is 22.5. The van der Waals surface area contributed by atoms with Gasteiger partial charge in [-0.25, -0.2) is 0 Å². The highest BCUT2D eigenvalue weighted by Gasteiger charge is 2.72. The van der Waals surface area contributed by atoms with Crippen LogP contribution in [0.5, 0.6) is 0 Å². The molecule has 4 heterocycles. The maximum atomic E-state index is 2.59. The SMILES string of the molecule is Cc1cc[n+]2c(c1)-c1cccc3c1C21c2c(ccc4ccc5ccc[n+]1c5c24)C31c2ccccc2-c2ccccc21. The number of aromatic nitrogens is 2. The second-order valence-electron chi connectivity index (χ2n) is 12.2. The Labute approximate surface area is 237 Å². The Hall–Kier alpha value is -5.08. The van der Waals surface area contributed by atoms with Crippen LogP contribution in [0.3, 0.4) is 0 Å². The van der Waals surface area contributed by atoms with Crippen molar-refractivity contribution in [3.63, 3.8) is 0 Å². The van der Waals surface area contributed by atoms with E-state index in [1.807, 2.05) is 0 Å². The van der Waals surface area contributed by atoms with E-state index in [1.54, 1.807) is 0 Å². The fraction of sp³-hybridized carbons (Fsp3) is 0.0769. The molecule has 41 heavy (non-hydrogen) atoms. The Morgan fingerprint density at radius 1 is 0.512 bits per heavy atom. The van der Waals surface area contributed by atoms with Crippen molar-refractivity contribution in [1.82, 2.24) is 0 Å². The molecule has 5 aromatic carbocycles. The summed E-state index contributed by atoms with van der Waals surface area (Å²) in [4.78, 5) is 0. The fourth-order valence-corrected chi connectivity index (χ4v) is 9.29. The molecular weight excluding hydrogens is 496 g/mol. The van der Waals surface area contributed by atoms with E-state index in [-0.39, 0.29) is 0 Å². The van der Waals surface area contributed by atoms with Crippen molar-refractivity contribution in [3.8, 4) is 22.4 Å². The normalized spacial score (nSPS) is 18.7. The molecule has 0 amide bonds. The number of rotatable bonds is 0. The Morgan fingerprint density at radius 3 is 2.02 bits per heavy atom. The first kappa shape index (κ1) is 20.8. The van der Waals surface area contributed by atoms with Crippen molar-refractivity contribution < 1.29 is 9.13 Å². The summed E-state index contributed by atoms with van der Waals surface area (Å²) in [6.45, 7) is 2.21. The average molecular weight is 521 g/mol. The molecule has 0 saturated heterocycles. The van der Waals surface area contributed by atoms with Gasteiger partial charge in [0.15, 0.2) is 12.4 Å². The summed E-state index contributed by atoms with van der Waals surface area (Å²) in [6, 6.07) is 43.9. The minimum Gasteiger partial charge on any atom is -0.125 e. The summed E-state index contributed by atoms with van der Waals surface area (Å²) in [5, 5.41) is 3.99. The van der Waals surface area contributed by atoms with Crippen LogP contribution in [-0.2, 0) is 11.1 Å². The predicted octanol–water partition coefficient (Wildman–Crippen LogP) is 7.14. The summed E-state index contributed by atoms with van der Waals surface area (Å²) in [7, 11) is 0. The van der Waals surface area contributed by atoms with Crippen LogP contribution in [0.1, 0.15) is 38.9 Å². The van der Waals surface area contributed by atoms with Gasteiger partial charge in [-0.3, -0.25) is 0 Å². The Kier molecular flexibility index (Phi) is 3.27. The van der Waals surface area contributed by atoms with Gasteiger partial charge in [0.25, 0.3) is 0 Å². The van der Waals surface area contributed by atoms with E-state index < -0.39 is 11.1 Å². The maximum absolute atomic E-state index is 2.59. The summed E-state index contributed by atoms with van der Waals surface area (Å²) >= 11 is 0. The second-order valence-corrected chi connectivity index (χ2v) is 12.2. The van der Waals surface area contributed by atoms with Crippen LogP contribution < -0.4 is 9.13 Å². The van der Waals surface area contributed by atoms with Crippen LogP contribution in [0, 0.1) is 6.92 Å². The Bertz CT molecular complexity index is 2350. The van der Waals surface area contributed by atoms with Crippen molar-refractivity contribution in [2.45, 2.75) is 18.0 Å². The minimum absolute atomic E-state index is 0.395. The fourth-order valence-electron chi connectivity index (χ4n) is 9.29. The molecule has 11 rings (SSSR count). The summed E-state index contributed by atoms with van der Waals surface area (Å²) in [5.41, 5.74) is 15.5. The summed E-state index contributed by atoms with van der Waals surface area (Å²) in [6.07, 6.45) is 4.66. The summed E-state index contributed by atoms with van der Waals surface area (Å²) < 4.78 is 5.17. The van der Waals surface area contributed by atoms with E-state index in [4.69, 9.17) is 0 Å². The van der Waals surface area contributed by atoms with E-state index >= 15 is 0 Å². The first-order chi connectivity index (χ1) is 20.3. The standard InChI is InChI=1S/C39H24N2/c1-23-19-21-40-33(22-23)28-11-6-14-31-35(28)39(40)36-32(18-17-24-15-16-25-8-7-20-41(39)37(25)34(24)36)38(31)29-12-4-2-9-26(29)27-10-3-5-13-30(27)38/h2-22H,1H3/q+2. The molecule has 2 nitrogen and oxygen atoms in total. The van der Waals surface area contributed by atoms with Gasteiger partial charge in [-0.2, -0.15) is 0 Å². The first-order valence-corrected chi connectivity index (χ1v) is 14.5. The van der Waals surface area contributed by atoms with Crippen LogP contribution in [-0.4, -0.2) is 0 Å². The average Bonchev–Trinajstić information content (AvgIpc) is 3.61. The van der Waals surface area contributed by atoms with Gasteiger partial charge >= 0.3 is 5.66 Å². The van der Waals surface area contributed by atoms with Crippen LogP contribution in [0.25, 0.3) is 44.1 Å². The molecule has 2 aliphatic carbocycles. The van der Waals surface area contributed by atoms with Crippen molar-refractivity contribution >= 4 is 21.7 Å². The van der Waals surface area contributed by atoms with E-state index in [0.717, 1.165) is 0 Å². The zero-order valence-electron chi connectivity index (χ0n) is 22.5. The molecule has 0 radical (unpaired) electrons. The number of hydrogen-bond donors (Lipinski definition) is 0. The maximum Gasteiger partial charge on any atom is 0.418 e. The molecule has 0 fully saturated rings. The molecule has 2 heteroatoms. The topological polar surface area (TPSA) is 7.76 Å². The molecule has 2 spiro atoms. The number of nitrogens with zero attached hydrogens (tertiary/aromatic N) is 2. The van der Waals surface area contributed by atoms with Crippen molar-refractivity contribution in [2.24, 2.45) is 0 Å². The van der Waals surface area contributed by atoms with Gasteiger partial charge in [0, 0.05) is 23.6 Å². The number of aryl methyl sites for hydroxylation is 1. The molecule has 0 N–H and O–H groups in total. The van der Waals surface area contributed by atoms with Crippen LogP contribution in [0.2, 0.25) is 0 Å². The highest BCUT2D eigenvalue weighted by molar-refractivity contribution is 6.09. The number of pyridine rings is 2. The lowest BCUT2D eigenvalue weighted by Crippen LogP contribution is -2.73. The Morgan fingerprint density at radius 2 is 1.20 bits per heavy atom. The lowest BCUT2D eigenvalue weighted by molar-refractivity contribution is -0.950. The van der Waals surface area contributed by atoms with Crippen LogP contribution >= 0.6 is 0 Å². The monoisotopic (exact) mass is 520 g/mol. The van der Waals surface area contributed by atoms with E-state index in [0.29, 0.717) is 0 Å². The number of benzene rings is 5. The zero-order chi connectivity index (χ0) is 26.7. The second kappa shape index (κ2) is 6.45. The van der Waals surface area contributed by atoms with E-state index in [1.165, 1.54) is 83.0 Å². The highest BCUT2D eigenvalue weighted by atomic mass is 15.3. The largest absolute Gasteiger partial charge is 0.418 e. The third-order valence-electron chi connectivity index (χ3n) is 10.5. The highest BCUT2D eigenvalue weighted by Crippen LogP contribution is 2.65. The quantitative estimate of drug-likeness (QED) is 0.148. The van der Waals surface area contributed by atoms with Crippen molar-refractivity contribution in [3.05, 3.63) is 167 Å². The smallest absolute Gasteiger partial charge is 0.125 e. The number of hydrogen-bond acceptors (Lipinski definition) is 0. The first-order valence-electron chi connectivity index (χ1n) is 14.5. The lowest BCUT2D eigenvalue weighted by atomic mass is 9.58. The molecule has 7 aromatic rings. The third kappa shape index (κ3) is 1.93. The molecule has 4 aliphatic rings.